The highest BCUT2D eigenvalue weighted by atomic mass is 32.2. The molecule has 0 aliphatic heterocycles. The number of carbonyl (C=O) groups is 1. The van der Waals surface area contributed by atoms with Crippen LogP contribution in [0.25, 0.3) is 22.4 Å². The summed E-state index contributed by atoms with van der Waals surface area (Å²) >= 11 is 1.65. The Kier molecular flexibility index (Phi) is 5.17. The zero-order valence-corrected chi connectivity index (χ0v) is 16.7. The van der Waals surface area contributed by atoms with Crippen LogP contribution in [0.15, 0.2) is 77.7 Å². The van der Waals surface area contributed by atoms with E-state index in [0.717, 1.165) is 38.6 Å². The molecule has 3 aromatic carbocycles. The van der Waals surface area contributed by atoms with Gasteiger partial charge < -0.3 is 9.88 Å². The Labute approximate surface area is 168 Å². The number of carbonyl (C=O) groups excluding carboxylic acids is 1. The highest BCUT2D eigenvalue weighted by Crippen LogP contribution is 2.26. The van der Waals surface area contributed by atoms with Crippen LogP contribution in [0.5, 0.6) is 0 Å². The number of benzene rings is 3. The molecule has 1 heterocycles. The maximum Gasteiger partial charge on any atom is 0.244 e. The van der Waals surface area contributed by atoms with Gasteiger partial charge in [0.15, 0.2) is 0 Å². The predicted octanol–water partition coefficient (Wildman–Crippen LogP) is 5.37. The van der Waals surface area contributed by atoms with Crippen molar-refractivity contribution in [3.63, 3.8) is 0 Å². The molecule has 0 fully saturated rings. The van der Waals surface area contributed by atoms with E-state index in [9.17, 15) is 4.79 Å². The monoisotopic (exact) mass is 387 g/mol. The Morgan fingerprint density at radius 2 is 1.86 bits per heavy atom. The average molecular weight is 388 g/mol. The van der Waals surface area contributed by atoms with Crippen LogP contribution in [0, 0.1) is 6.92 Å². The van der Waals surface area contributed by atoms with Gasteiger partial charge in [-0.1, -0.05) is 42.0 Å². The van der Waals surface area contributed by atoms with Crippen LogP contribution >= 0.6 is 11.8 Å². The van der Waals surface area contributed by atoms with Gasteiger partial charge in [0.2, 0.25) is 5.91 Å². The molecular formula is C23H21N3OS. The van der Waals surface area contributed by atoms with E-state index in [2.05, 4.69) is 24.4 Å². The van der Waals surface area contributed by atoms with Crippen molar-refractivity contribution in [1.29, 1.82) is 0 Å². The van der Waals surface area contributed by atoms with Crippen molar-refractivity contribution in [2.45, 2.75) is 18.4 Å². The largest absolute Gasteiger partial charge is 0.324 e. The van der Waals surface area contributed by atoms with Gasteiger partial charge in [-0.3, -0.25) is 4.79 Å². The fourth-order valence-corrected chi connectivity index (χ4v) is 3.74. The number of fused-ring (bicyclic) bond motifs is 1. The van der Waals surface area contributed by atoms with Crippen molar-refractivity contribution < 1.29 is 4.79 Å². The molecule has 0 saturated carbocycles. The van der Waals surface area contributed by atoms with E-state index in [1.807, 2.05) is 71.5 Å². The highest BCUT2D eigenvalue weighted by Gasteiger charge is 2.15. The lowest BCUT2D eigenvalue weighted by molar-refractivity contribution is -0.116. The number of para-hydroxylation sites is 2. The molecule has 0 atom stereocenters. The van der Waals surface area contributed by atoms with Gasteiger partial charge in [-0.25, -0.2) is 4.98 Å². The molecule has 0 bridgehead atoms. The lowest BCUT2D eigenvalue weighted by Crippen LogP contribution is -2.19. The van der Waals surface area contributed by atoms with Gasteiger partial charge in [0.05, 0.1) is 11.0 Å². The standard InChI is InChI=1S/C23H21N3OS/c1-16-7-5-8-17(13-16)23-25-20-11-3-4-12-21(20)26(23)15-22(27)24-18-9-6-10-19(14-18)28-2/h3-14H,15H2,1-2H3,(H,24,27). The normalized spacial score (nSPS) is 10.9. The third-order valence-electron chi connectivity index (χ3n) is 4.59. The molecule has 0 spiro atoms. The van der Waals surface area contributed by atoms with Gasteiger partial charge in [0.25, 0.3) is 0 Å². The van der Waals surface area contributed by atoms with Crippen LogP contribution < -0.4 is 5.32 Å². The first-order chi connectivity index (χ1) is 13.6. The van der Waals surface area contributed by atoms with E-state index >= 15 is 0 Å². The summed E-state index contributed by atoms with van der Waals surface area (Å²) in [5.41, 5.74) is 4.81. The summed E-state index contributed by atoms with van der Waals surface area (Å²) in [4.78, 5) is 18.7. The summed E-state index contributed by atoms with van der Waals surface area (Å²) < 4.78 is 1.98. The van der Waals surface area contributed by atoms with Crippen LogP contribution in [0.4, 0.5) is 5.69 Å². The Hall–Kier alpha value is -3.05. The second kappa shape index (κ2) is 7.90. The zero-order chi connectivity index (χ0) is 19.5. The molecule has 0 aliphatic rings. The summed E-state index contributed by atoms with van der Waals surface area (Å²) in [6.07, 6.45) is 2.02. The van der Waals surface area contributed by atoms with Gasteiger partial charge in [0.1, 0.15) is 12.4 Å². The Bertz CT molecular complexity index is 1150. The molecule has 0 aliphatic carbocycles. The summed E-state index contributed by atoms with van der Waals surface area (Å²) in [5.74, 6) is 0.730. The van der Waals surface area contributed by atoms with Crippen LogP contribution in [0.3, 0.4) is 0 Å². The molecule has 1 amide bonds. The molecule has 1 aromatic heterocycles. The number of rotatable bonds is 5. The minimum absolute atomic E-state index is 0.0738. The first-order valence-electron chi connectivity index (χ1n) is 9.10. The Balaban J connectivity index is 1.69. The number of aryl methyl sites for hydroxylation is 1. The van der Waals surface area contributed by atoms with Crippen molar-refractivity contribution in [1.82, 2.24) is 9.55 Å². The highest BCUT2D eigenvalue weighted by molar-refractivity contribution is 7.98. The van der Waals surface area contributed by atoms with Gasteiger partial charge in [-0.05, 0) is 49.6 Å². The summed E-state index contributed by atoms with van der Waals surface area (Å²) in [7, 11) is 0. The number of hydrogen-bond acceptors (Lipinski definition) is 3. The van der Waals surface area contributed by atoms with E-state index in [4.69, 9.17) is 4.98 Å². The van der Waals surface area contributed by atoms with Crippen LogP contribution in [0.2, 0.25) is 0 Å². The van der Waals surface area contributed by atoms with E-state index in [1.165, 1.54) is 0 Å². The fraction of sp³-hybridized carbons (Fsp3) is 0.130. The van der Waals surface area contributed by atoms with Crippen molar-refractivity contribution in [3.8, 4) is 11.4 Å². The van der Waals surface area contributed by atoms with E-state index in [-0.39, 0.29) is 12.5 Å². The summed E-state index contributed by atoms with van der Waals surface area (Å²) in [5, 5.41) is 3.01. The molecule has 0 saturated heterocycles. The molecule has 0 radical (unpaired) electrons. The number of hydrogen-bond donors (Lipinski definition) is 1. The minimum Gasteiger partial charge on any atom is -0.324 e. The molecule has 4 aromatic rings. The second-order valence-electron chi connectivity index (χ2n) is 6.66. The predicted molar refractivity (Wildman–Crippen MR) is 117 cm³/mol. The van der Waals surface area contributed by atoms with E-state index < -0.39 is 0 Å². The average Bonchev–Trinajstić information content (AvgIpc) is 3.06. The number of amides is 1. The van der Waals surface area contributed by atoms with Crippen molar-refractivity contribution >= 4 is 34.4 Å². The van der Waals surface area contributed by atoms with Crippen molar-refractivity contribution in [2.24, 2.45) is 0 Å². The third kappa shape index (κ3) is 3.80. The summed E-state index contributed by atoms with van der Waals surface area (Å²) in [6, 6.07) is 24.0. The van der Waals surface area contributed by atoms with Gasteiger partial charge in [0, 0.05) is 16.1 Å². The SMILES string of the molecule is CSc1cccc(NC(=O)Cn2c(-c3cccc(C)c3)nc3ccccc32)c1. The first kappa shape index (κ1) is 18.3. The van der Waals surface area contributed by atoms with Crippen molar-refractivity contribution in [3.05, 3.63) is 78.4 Å². The number of thioether (sulfide) groups is 1. The van der Waals surface area contributed by atoms with Gasteiger partial charge in [-0.2, -0.15) is 0 Å². The smallest absolute Gasteiger partial charge is 0.244 e. The maximum atomic E-state index is 12.8. The maximum absolute atomic E-state index is 12.8. The van der Waals surface area contributed by atoms with Crippen LogP contribution in [0.1, 0.15) is 5.56 Å². The molecule has 140 valence electrons. The lowest BCUT2D eigenvalue weighted by Gasteiger charge is -2.11. The number of nitrogens with one attached hydrogen (secondary N) is 1. The second-order valence-corrected chi connectivity index (χ2v) is 7.54. The van der Waals surface area contributed by atoms with Crippen LogP contribution in [-0.4, -0.2) is 21.7 Å². The van der Waals surface area contributed by atoms with Gasteiger partial charge >= 0.3 is 0 Å². The molecule has 0 unspecified atom stereocenters. The number of anilines is 1. The molecule has 4 nitrogen and oxygen atoms in total. The van der Waals surface area contributed by atoms with E-state index in [0.29, 0.717) is 0 Å². The number of aromatic nitrogens is 2. The third-order valence-corrected chi connectivity index (χ3v) is 5.31. The summed E-state index contributed by atoms with van der Waals surface area (Å²) in [6.45, 7) is 2.26. The minimum atomic E-state index is -0.0738. The molecular weight excluding hydrogens is 366 g/mol. The fourth-order valence-electron chi connectivity index (χ4n) is 3.29. The van der Waals surface area contributed by atoms with E-state index in [1.54, 1.807) is 11.8 Å². The number of imidazole rings is 1. The number of nitrogens with zero attached hydrogens (tertiary/aromatic N) is 2. The lowest BCUT2D eigenvalue weighted by atomic mass is 10.1. The Morgan fingerprint density at radius 3 is 2.68 bits per heavy atom. The molecule has 28 heavy (non-hydrogen) atoms. The quantitative estimate of drug-likeness (QED) is 0.468. The van der Waals surface area contributed by atoms with Crippen molar-refractivity contribution in [2.75, 3.05) is 11.6 Å². The van der Waals surface area contributed by atoms with Crippen LogP contribution in [-0.2, 0) is 11.3 Å². The Morgan fingerprint density at radius 1 is 1.04 bits per heavy atom. The topological polar surface area (TPSA) is 46.9 Å². The van der Waals surface area contributed by atoms with Gasteiger partial charge in [-0.15, -0.1) is 11.8 Å². The zero-order valence-electron chi connectivity index (χ0n) is 15.8. The molecule has 5 heteroatoms. The first-order valence-corrected chi connectivity index (χ1v) is 10.3. The molecule has 4 rings (SSSR count). The molecule has 1 N–H and O–H groups in total.